The van der Waals surface area contributed by atoms with Gasteiger partial charge in [-0.3, -0.25) is 0 Å². The molecule has 2 rings (SSSR count). The van der Waals surface area contributed by atoms with Gasteiger partial charge < -0.3 is 4.90 Å². The van der Waals surface area contributed by atoms with Crippen molar-refractivity contribution in [2.24, 2.45) is 0 Å². The van der Waals surface area contributed by atoms with Crippen molar-refractivity contribution in [3.05, 3.63) is 65.5 Å². The van der Waals surface area contributed by atoms with Gasteiger partial charge in [-0.05, 0) is 30.2 Å². The van der Waals surface area contributed by atoms with E-state index >= 15 is 0 Å². The first-order valence-electron chi connectivity index (χ1n) is 6.15. The zero-order valence-electron chi connectivity index (χ0n) is 10.8. The number of halogens is 1. The van der Waals surface area contributed by atoms with E-state index in [1.165, 1.54) is 17.7 Å². The van der Waals surface area contributed by atoms with E-state index < -0.39 is 0 Å². The fourth-order valence-electron chi connectivity index (χ4n) is 1.93. The van der Waals surface area contributed by atoms with E-state index in [4.69, 9.17) is 5.26 Å². The van der Waals surface area contributed by atoms with Crippen molar-refractivity contribution >= 4 is 5.69 Å². The van der Waals surface area contributed by atoms with E-state index in [-0.39, 0.29) is 5.82 Å². The van der Waals surface area contributed by atoms with Crippen LogP contribution in [0.3, 0.4) is 0 Å². The van der Waals surface area contributed by atoms with Crippen LogP contribution < -0.4 is 4.90 Å². The van der Waals surface area contributed by atoms with Gasteiger partial charge in [0.2, 0.25) is 0 Å². The Morgan fingerprint density at radius 2 is 1.89 bits per heavy atom. The maximum absolute atomic E-state index is 13.4. The number of nitriles is 1. The molecular formula is C16H15FN2. The zero-order valence-corrected chi connectivity index (χ0v) is 10.8. The minimum atomic E-state index is -0.374. The molecule has 0 radical (unpaired) electrons. The van der Waals surface area contributed by atoms with Gasteiger partial charge in [0, 0.05) is 19.3 Å². The molecule has 3 heteroatoms. The van der Waals surface area contributed by atoms with Crippen LogP contribution in [0.5, 0.6) is 0 Å². The SMILES string of the molecule is CN(CCc1ccccc1)c1cc(F)cc(C#N)c1. The number of likely N-dealkylation sites (N-methyl/N-ethyl adjacent to an activating group) is 1. The van der Waals surface area contributed by atoms with Gasteiger partial charge in [0.05, 0.1) is 11.6 Å². The molecule has 0 unspecified atom stereocenters. The summed E-state index contributed by atoms with van der Waals surface area (Å²) in [5.41, 5.74) is 2.32. The molecule has 0 spiro atoms. The number of anilines is 1. The average Bonchev–Trinajstić information content (AvgIpc) is 2.45. The molecule has 0 aliphatic heterocycles. The van der Waals surface area contributed by atoms with E-state index in [0.29, 0.717) is 5.56 Å². The minimum Gasteiger partial charge on any atom is -0.374 e. The third-order valence-electron chi connectivity index (χ3n) is 3.03. The molecule has 2 nitrogen and oxygen atoms in total. The third kappa shape index (κ3) is 3.56. The molecular weight excluding hydrogens is 239 g/mol. The van der Waals surface area contributed by atoms with Crippen LogP contribution in [0.25, 0.3) is 0 Å². The minimum absolute atomic E-state index is 0.349. The fourth-order valence-corrected chi connectivity index (χ4v) is 1.93. The van der Waals surface area contributed by atoms with Crippen molar-refractivity contribution in [1.29, 1.82) is 5.26 Å². The Bertz CT molecular complexity index is 587. The number of rotatable bonds is 4. The second-order valence-electron chi connectivity index (χ2n) is 4.47. The van der Waals surface area contributed by atoms with Crippen molar-refractivity contribution < 1.29 is 4.39 Å². The Morgan fingerprint density at radius 1 is 1.16 bits per heavy atom. The smallest absolute Gasteiger partial charge is 0.126 e. The van der Waals surface area contributed by atoms with Gasteiger partial charge in [-0.1, -0.05) is 30.3 Å². The molecule has 0 aliphatic carbocycles. The summed E-state index contributed by atoms with van der Waals surface area (Å²) in [7, 11) is 1.90. The number of nitrogens with zero attached hydrogens (tertiary/aromatic N) is 2. The number of benzene rings is 2. The first-order valence-corrected chi connectivity index (χ1v) is 6.15. The van der Waals surface area contributed by atoms with Crippen LogP contribution in [-0.2, 0) is 6.42 Å². The topological polar surface area (TPSA) is 27.0 Å². The summed E-state index contributed by atoms with van der Waals surface area (Å²) in [6, 6.07) is 16.5. The Hall–Kier alpha value is -2.34. The summed E-state index contributed by atoms with van der Waals surface area (Å²) in [5, 5.41) is 8.84. The lowest BCUT2D eigenvalue weighted by atomic mass is 10.1. The van der Waals surface area contributed by atoms with Gasteiger partial charge in [-0.15, -0.1) is 0 Å². The highest BCUT2D eigenvalue weighted by molar-refractivity contribution is 5.51. The Kier molecular flexibility index (Phi) is 4.15. The van der Waals surface area contributed by atoms with E-state index in [1.807, 2.05) is 36.2 Å². The third-order valence-corrected chi connectivity index (χ3v) is 3.03. The highest BCUT2D eigenvalue weighted by Crippen LogP contribution is 2.17. The summed E-state index contributed by atoms with van der Waals surface area (Å²) in [5.74, 6) is -0.374. The lowest BCUT2D eigenvalue weighted by Gasteiger charge is -2.19. The molecule has 0 atom stereocenters. The van der Waals surface area contributed by atoms with Crippen molar-refractivity contribution in [2.45, 2.75) is 6.42 Å². The van der Waals surface area contributed by atoms with Gasteiger partial charge in [-0.2, -0.15) is 5.26 Å². The van der Waals surface area contributed by atoms with Gasteiger partial charge in [0.25, 0.3) is 0 Å². The first kappa shape index (κ1) is 13.1. The van der Waals surface area contributed by atoms with Gasteiger partial charge in [0.15, 0.2) is 0 Å². The Morgan fingerprint density at radius 3 is 2.58 bits per heavy atom. The van der Waals surface area contributed by atoms with E-state index in [9.17, 15) is 4.39 Å². The summed E-state index contributed by atoms with van der Waals surface area (Å²) in [6.45, 7) is 0.776. The molecule has 0 aromatic heterocycles. The second-order valence-corrected chi connectivity index (χ2v) is 4.47. The average molecular weight is 254 g/mol. The summed E-state index contributed by atoms with van der Waals surface area (Å²) < 4.78 is 13.4. The fraction of sp³-hybridized carbons (Fsp3) is 0.188. The Balaban J connectivity index is 2.06. The molecule has 2 aromatic rings. The predicted octanol–water partition coefficient (Wildman–Crippen LogP) is 3.38. The molecule has 0 bridgehead atoms. The molecule has 0 saturated carbocycles. The Labute approximate surface area is 112 Å². The lowest BCUT2D eigenvalue weighted by Crippen LogP contribution is -2.20. The second kappa shape index (κ2) is 6.01. The normalized spacial score (nSPS) is 9.95. The van der Waals surface area contributed by atoms with Crippen LogP contribution in [0.15, 0.2) is 48.5 Å². The molecule has 0 fully saturated rings. The molecule has 0 amide bonds. The van der Waals surface area contributed by atoms with Crippen molar-refractivity contribution in [1.82, 2.24) is 0 Å². The van der Waals surface area contributed by atoms with Crippen LogP contribution in [-0.4, -0.2) is 13.6 Å². The lowest BCUT2D eigenvalue weighted by molar-refractivity contribution is 0.626. The van der Waals surface area contributed by atoms with Crippen LogP contribution in [0.2, 0.25) is 0 Å². The molecule has 0 N–H and O–H groups in total. The van der Waals surface area contributed by atoms with Gasteiger partial charge in [-0.25, -0.2) is 4.39 Å². The number of hydrogen-bond acceptors (Lipinski definition) is 2. The molecule has 0 saturated heterocycles. The molecule has 2 aromatic carbocycles. The maximum Gasteiger partial charge on any atom is 0.126 e. The van der Waals surface area contributed by atoms with E-state index in [1.54, 1.807) is 6.07 Å². The summed E-state index contributed by atoms with van der Waals surface area (Å²) in [4.78, 5) is 1.96. The number of hydrogen-bond donors (Lipinski definition) is 0. The van der Waals surface area contributed by atoms with Crippen LogP contribution in [0.1, 0.15) is 11.1 Å². The first-order chi connectivity index (χ1) is 9.19. The molecule has 19 heavy (non-hydrogen) atoms. The molecule has 96 valence electrons. The van der Waals surface area contributed by atoms with E-state index in [0.717, 1.165) is 18.7 Å². The quantitative estimate of drug-likeness (QED) is 0.836. The summed E-state index contributed by atoms with van der Waals surface area (Å²) >= 11 is 0. The maximum atomic E-state index is 13.4. The van der Waals surface area contributed by atoms with Gasteiger partial charge in [0.1, 0.15) is 5.82 Å². The largest absolute Gasteiger partial charge is 0.374 e. The van der Waals surface area contributed by atoms with Crippen LogP contribution in [0, 0.1) is 17.1 Å². The zero-order chi connectivity index (χ0) is 13.7. The van der Waals surface area contributed by atoms with Crippen molar-refractivity contribution in [3.8, 4) is 6.07 Å². The highest BCUT2D eigenvalue weighted by Gasteiger charge is 2.05. The molecule has 0 heterocycles. The standard InChI is InChI=1S/C16H15FN2/c1-19(8-7-13-5-3-2-4-6-13)16-10-14(12-18)9-15(17)11-16/h2-6,9-11H,7-8H2,1H3. The summed E-state index contributed by atoms with van der Waals surface area (Å²) in [6.07, 6.45) is 0.885. The van der Waals surface area contributed by atoms with Crippen LogP contribution >= 0.6 is 0 Å². The monoisotopic (exact) mass is 254 g/mol. The highest BCUT2D eigenvalue weighted by atomic mass is 19.1. The van der Waals surface area contributed by atoms with Crippen LogP contribution in [0.4, 0.5) is 10.1 Å². The molecule has 0 aliphatic rings. The van der Waals surface area contributed by atoms with Gasteiger partial charge >= 0.3 is 0 Å². The van der Waals surface area contributed by atoms with E-state index in [2.05, 4.69) is 12.1 Å². The van der Waals surface area contributed by atoms with Crippen molar-refractivity contribution in [3.63, 3.8) is 0 Å². The predicted molar refractivity (Wildman–Crippen MR) is 74.5 cm³/mol. The van der Waals surface area contributed by atoms with Crippen molar-refractivity contribution in [2.75, 3.05) is 18.5 Å².